The molecule has 112 valence electrons. The Morgan fingerprint density at radius 2 is 1.95 bits per heavy atom. The van der Waals surface area contributed by atoms with Crippen LogP contribution in [-0.2, 0) is 14.3 Å². The van der Waals surface area contributed by atoms with Gasteiger partial charge in [0.1, 0.15) is 5.54 Å². The lowest BCUT2D eigenvalue weighted by Crippen LogP contribution is -2.60. The van der Waals surface area contributed by atoms with Gasteiger partial charge >= 0.3 is 5.97 Å². The summed E-state index contributed by atoms with van der Waals surface area (Å²) in [5, 5.41) is 3.33. The molecule has 1 fully saturated rings. The van der Waals surface area contributed by atoms with Crippen LogP contribution in [0.1, 0.15) is 33.6 Å². The largest absolute Gasteiger partial charge is 0.468 e. The molecular formula is C14H28N2O3. The van der Waals surface area contributed by atoms with Crippen LogP contribution in [0.2, 0.25) is 0 Å². The average Bonchev–Trinajstić information content (AvgIpc) is 2.37. The maximum Gasteiger partial charge on any atom is 0.327 e. The number of rotatable bonds is 6. The molecule has 0 saturated carbocycles. The molecule has 1 aliphatic rings. The van der Waals surface area contributed by atoms with E-state index < -0.39 is 5.54 Å². The van der Waals surface area contributed by atoms with Crippen molar-refractivity contribution < 1.29 is 14.3 Å². The molecule has 0 aromatic rings. The number of hydrogen-bond acceptors (Lipinski definition) is 5. The lowest BCUT2D eigenvalue weighted by Gasteiger charge is -2.38. The van der Waals surface area contributed by atoms with E-state index in [4.69, 9.17) is 9.47 Å². The van der Waals surface area contributed by atoms with E-state index in [0.717, 1.165) is 25.9 Å². The van der Waals surface area contributed by atoms with E-state index in [2.05, 4.69) is 10.2 Å². The number of carbonyl (C=O) groups excluding carboxylic acids is 1. The monoisotopic (exact) mass is 272 g/mol. The zero-order chi connectivity index (χ0) is 14.5. The fraction of sp³-hybridized carbons (Fsp3) is 0.929. The second kappa shape index (κ2) is 7.22. The van der Waals surface area contributed by atoms with E-state index >= 15 is 0 Å². The summed E-state index contributed by atoms with van der Waals surface area (Å²) < 4.78 is 10.3. The Kier molecular flexibility index (Phi) is 6.23. The van der Waals surface area contributed by atoms with Gasteiger partial charge in [0.15, 0.2) is 0 Å². The lowest BCUT2D eigenvalue weighted by molar-refractivity contribution is -0.149. The van der Waals surface area contributed by atoms with Crippen LogP contribution in [0.15, 0.2) is 0 Å². The maximum atomic E-state index is 12.0. The standard InChI is InChI=1S/C14H28N2O3/c1-11(2)15-14(3,13(17)19-5)10-16-8-6-12(18-4)7-9-16/h11-12,15H,6-10H2,1-5H3. The van der Waals surface area contributed by atoms with Crippen LogP contribution in [-0.4, -0.2) is 62.4 Å². The quantitative estimate of drug-likeness (QED) is 0.732. The number of ether oxygens (including phenoxy) is 2. The molecule has 1 heterocycles. The van der Waals surface area contributed by atoms with E-state index in [0.29, 0.717) is 12.6 Å². The Hall–Kier alpha value is -0.650. The Balaban J connectivity index is 2.60. The molecule has 19 heavy (non-hydrogen) atoms. The molecule has 0 radical (unpaired) electrons. The van der Waals surface area contributed by atoms with Crippen molar-refractivity contribution in [3.8, 4) is 0 Å². The average molecular weight is 272 g/mol. The molecule has 1 rings (SSSR count). The fourth-order valence-electron chi connectivity index (χ4n) is 2.78. The van der Waals surface area contributed by atoms with Crippen molar-refractivity contribution >= 4 is 5.97 Å². The summed E-state index contributed by atoms with van der Waals surface area (Å²) in [7, 11) is 3.21. The van der Waals surface area contributed by atoms with Crippen molar-refractivity contribution in [1.82, 2.24) is 10.2 Å². The van der Waals surface area contributed by atoms with Gasteiger partial charge in [-0.05, 0) is 33.6 Å². The number of methoxy groups -OCH3 is 2. The van der Waals surface area contributed by atoms with Gasteiger partial charge in [0.2, 0.25) is 0 Å². The van der Waals surface area contributed by atoms with Crippen LogP contribution in [0.4, 0.5) is 0 Å². The molecular weight excluding hydrogens is 244 g/mol. The summed E-state index contributed by atoms with van der Waals surface area (Å²) in [4.78, 5) is 14.3. The summed E-state index contributed by atoms with van der Waals surface area (Å²) in [5.41, 5.74) is -0.650. The molecule has 0 aromatic heterocycles. The second-order valence-electron chi connectivity index (χ2n) is 5.83. The zero-order valence-corrected chi connectivity index (χ0v) is 12.9. The first-order chi connectivity index (χ1) is 8.91. The second-order valence-corrected chi connectivity index (χ2v) is 5.83. The fourth-order valence-corrected chi connectivity index (χ4v) is 2.78. The predicted molar refractivity (Wildman–Crippen MR) is 75.2 cm³/mol. The molecule has 1 saturated heterocycles. The van der Waals surface area contributed by atoms with Crippen molar-refractivity contribution in [2.75, 3.05) is 33.9 Å². The highest BCUT2D eigenvalue weighted by molar-refractivity contribution is 5.80. The third kappa shape index (κ3) is 4.75. The number of piperidine rings is 1. The first-order valence-corrected chi connectivity index (χ1v) is 7.02. The molecule has 1 N–H and O–H groups in total. The summed E-state index contributed by atoms with van der Waals surface area (Å²) in [6.07, 6.45) is 2.41. The molecule has 0 spiro atoms. The van der Waals surface area contributed by atoms with E-state index in [1.54, 1.807) is 7.11 Å². The molecule has 0 aliphatic carbocycles. The molecule has 1 aliphatic heterocycles. The van der Waals surface area contributed by atoms with Gasteiger partial charge in [-0.15, -0.1) is 0 Å². The van der Waals surface area contributed by atoms with Crippen LogP contribution in [0.5, 0.6) is 0 Å². The number of esters is 1. The Labute approximate surface area is 116 Å². The van der Waals surface area contributed by atoms with Crippen LogP contribution >= 0.6 is 0 Å². The maximum absolute atomic E-state index is 12.0. The summed E-state index contributed by atoms with van der Waals surface area (Å²) >= 11 is 0. The highest BCUT2D eigenvalue weighted by Gasteiger charge is 2.37. The molecule has 1 unspecified atom stereocenters. The van der Waals surface area contributed by atoms with Gasteiger partial charge in [-0.1, -0.05) is 0 Å². The molecule has 5 heteroatoms. The van der Waals surface area contributed by atoms with Gasteiger partial charge in [0.05, 0.1) is 13.2 Å². The highest BCUT2D eigenvalue weighted by Crippen LogP contribution is 2.17. The summed E-state index contributed by atoms with van der Waals surface area (Å²) in [6.45, 7) is 8.60. The number of nitrogens with one attached hydrogen (secondary N) is 1. The minimum atomic E-state index is -0.650. The van der Waals surface area contributed by atoms with E-state index in [1.807, 2.05) is 20.8 Å². The van der Waals surface area contributed by atoms with Gasteiger partial charge in [-0.3, -0.25) is 10.1 Å². The SMILES string of the molecule is COC(=O)C(C)(CN1CCC(OC)CC1)NC(C)C. The first kappa shape index (κ1) is 16.4. The smallest absolute Gasteiger partial charge is 0.327 e. The van der Waals surface area contributed by atoms with Crippen molar-refractivity contribution in [2.45, 2.75) is 51.3 Å². The summed E-state index contributed by atoms with van der Waals surface area (Å²) in [6, 6.07) is 0.237. The van der Waals surface area contributed by atoms with E-state index in [9.17, 15) is 4.79 Å². The topological polar surface area (TPSA) is 50.8 Å². The Morgan fingerprint density at radius 3 is 2.37 bits per heavy atom. The van der Waals surface area contributed by atoms with Gasteiger partial charge in [-0.2, -0.15) is 0 Å². The van der Waals surface area contributed by atoms with Gasteiger partial charge in [-0.25, -0.2) is 0 Å². The molecule has 0 amide bonds. The van der Waals surface area contributed by atoms with Crippen molar-refractivity contribution in [3.63, 3.8) is 0 Å². The van der Waals surface area contributed by atoms with E-state index in [1.165, 1.54) is 7.11 Å². The Bertz CT molecular complexity index is 288. The third-order valence-corrected chi connectivity index (χ3v) is 3.65. The Morgan fingerprint density at radius 1 is 1.37 bits per heavy atom. The number of likely N-dealkylation sites (tertiary alicyclic amines) is 1. The number of carbonyl (C=O) groups is 1. The van der Waals surface area contributed by atoms with Crippen molar-refractivity contribution in [2.24, 2.45) is 0 Å². The van der Waals surface area contributed by atoms with Crippen LogP contribution in [0.3, 0.4) is 0 Å². The molecule has 0 bridgehead atoms. The first-order valence-electron chi connectivity index (χ1n) is 7.02. The third-order valence-electron chi connectivity index (χ3n) is 3.65. The highest BCUT2D eigenvalue weighted by atomic mass is 16.5. The number of nitrogens with zero attached hydrogens (tertiary/aromatic N) is 1. The van der Waals surface area contributed by atoms with Gasteiger partial charge < -0.3 is 14.4 Å². The van der Waals surface area contributed by atoms with Gasteiger partial charge in [0.25, 0.3) is 0 Å². The minimum Gasteiger partial charge on any atom is -0.468 e. The van der Waals surface area contributed by atoms with Crippen LogP contribution < -0.4 is 5.32 Å². The van der Waals surface area contributed by atoms with E-state index in [-0.39, 0.29) is 12.0 Å². The number of hydrogen-bond donors (Lipinski definition) is 1. The van der Waals surface area contributed by atoms with Crippen LogP contribution in [0, 0.1) is 0 Å². The zero-order valence-electron chi connectivity index (χ0n) is 12.9. The molecule has 5 nitrogen and oxygen atoms in total. The van der Waals surface area contributed by atoms with Crippen molar-refractivity contribution in [1.29, 1.82) is 0 Å². The molecule has 0 aromatic carbocycles. The minimum absolute atomic E-state index is 0.199. The van der Waals surface area contributed by atoms with Gasteiger partial charge in [0, 0.05) is 32.8 Å². The normalized spacial score (nSPS) is 21.4. The predicted octanol–water partition coefficient (Wildman–Crippen LogP) is 1.03. The van der Waals surface area contributed by atoms with Crippen LogP contribution in [0.25, 0.3) is 0 Å². The molecule has 1 atom stereocenters. The van der Waals surface area contributed by atoms with Crippen molar-refractivity contribution in [3.05, 3.63) is 0 Å². The lowest BCUT2D eigenvalue weighted by atomic mass is 9.98. The summed E-state index contributed by atoms with van der Waals surface area (Å²) in [5.74, 6) is -0.199.